The number of hydrogen-bond donors (Lipinski definition) is 1. The van der Waals surface area contributed by atoms with E-state index >= 15 is 0 Å². The van der Waals surface area contributed by atoms with Gasteiger partial charge in [0.1, 0.15) is 5.82 Å². The van der Waals surface area contributed by atoms with E-state index in [0.29, 0.717) is 23.2 Å². The van der Waals surface area contributed by atoms with Gasteiger partial charge in [-0.15, -0.1) is 0 Å². The van der Waals surface area contributed by atoms with Crippen LogP contribution in [-0.2, 0) is 4.79 Å². The van der Waals surface area contributed by atoms with Gasteiger partial charge in [-0.05, 0) is 55.4 Å². The third-order valence-corrected chi connectivity index (χ3v) is 4.69. The van der Waals surface area contributed by atoms with Crippen molar-refractivity contribution in [3.8, 4) is 0 Å². The number of carbonyl (C=O) groups is 1. The minimum atomic E-state index is -1.02. The Labute approximate surface area is 124 Å². The number of rotatable bonds is 3. The third-order valence-electron chi connectivity index (χ3n) is 4.69. The van der Waals surface area contributed by atoms with Crippen LogP contribution < -0.4 is 4.90 Å². The molecule has 0 aromatic heterocycles. The highest BCUT2D eigenvalue weighted by Gasteiger charge is 2.35. The van der Waals surface area contributed by atoms with E-state index in [9.17, 15) is 9.18 Å². The van der Waals surface area contributed by atoms with E-state index in [0.717, 1.165) is 25.5 Å². The predicted molar refractivity (Wildman–Crippen MR) is 80.8 cm³/mol. The molecule has 1 heterocycles. The number of fused-ring (bicyclic) bond motifs is 1. The molecule has 1 aliphatic heterocycles. The summed E-state index contributed by atoms with van der Waals surface area (Å²) in [5.41, 5.74) is 1.25. The maximum absolute atomic E-state index is 14.4. The Morgan fingerprint density at radius 2 is 2.10 bits per heavy atom. The summed E-state index contributed by atoms with van der Waals surface area (Å²) in [4.78, 5) is 12.7. The fraction of sp³-hybridized carbons (Fsp3) is 0.471. The van der Waals surface area contributed by atoms with Gasteiger partial charge in [0.2, 0.25) is 0 Å². The SMILES string of the molecule is O=C(O)C=Cc1ccc(N2CCCC3CCCC32)c(F)c1. The van der Waals surface area contributed by atoms with E-state index in [1.54, 1.807) is 12.1 Å². The molecule has 112 valence electrons. The van der Waals surface area contributed by atoms with Crippen LogP contribution in [0.25, 0.3) is 6.08 Å². The minimum Gasteiger partial charge on any atom is -0.478 e. The molecule has 1 N–H and O–H groups in total. The molecule has 21 heavy (non-hydrogen) atoms. The Hall–Kier alpha value is -1.84. The van der Waals surface area contributed by atoms with Crippen molar-refractivity contribution >= 4 is 17.7 Å². The van der Waals surface area contributed by atoms with Crippen molar-refractivity contribution in [1.29, 1.82) is 0 Å². The van der Waals surface area contributed by atoms with Crippen LogP contribution in [0.15, 0.2) is 24.3 Å². The van der Waals surface area contributed by atoms with Gasteiger partial charge in [-0.1, -0.05) is 12.5 Å². The quantitative estimate of drug-likeness (QED) is 0.863. The number of halogens is 1. The van der Waals surface area contributed by atoms with E-state index in [2.05, 4.69) is 4.90 Å². The Balaban J connectivity index is 1.83. The van der Waals surface area contributed by atoms with Crippen molar-refractivity contribution in [1.82, 2.24) is 0 Å². The van der Waals surface area contributed by atoms with Crippen molar-refractivity contribution in [2.75, 3.05) is 11.4 Å². The van der Waals surface area contributed by atoms with Crippen LogP contribution >= 0.6 is 0 Å². The molecule has 1 aromatic carbocycles. The highest BCUT2D eigenvalue weighted by atomic mass is 19.1. The second-order valence-electron chi connectivity index (χ2n) is 5.98. The molecule has 2 unspecified atom stereocenters. The Kier molecular flexibility index (Phi) is 3.95. The number of carboxylic acid groups (broad SMARTS) is 1. The monoisotopic (exact) mass is 289 g/mol. The smallest absolute Gasteiger partial charge is 0.328 e. The summed E-state index contributed by atoms with van der Waals surface area (Å²) in [5, 5.41) is 8.62. The minimum absolute atomic E-state index is 0.255. The van der Waals surface area contributed by atoms with Crippen LogP contribution in [0.5, 0.6) is 0 Å². The zero-order valence-corrected chi connectivity index (χ0v) is 12.0. The molecule has 3 nitrogen and oxygen atoms in total. The molecule has 1 saturated heterocycles. The lowest BCUT2D eigenvalue weighted by Crippen LogP contribution is -2.43. The maximum Gasteiger partial charge on any atom is 0.328 e. The van der Waals surface area contributed by atoms with Gasteiger partial charge in [0.15, 0.2) is 0 Å². The molecule has 3 rings (SSSR count). The highest BCUT2D eigenvalue weighted by molar-refractivity contribution is 5.85. The van der Waals surface area contributed by atoms with Crippen molar-refractivity contribution in [3.63, 3.8) is 0 Å². The van der Waals surface area contributed by atoms with Crippen molar-refractivity contribution in [2.45, 2.75) is 38.1 Å². The van der Waals surface area contributed by atoms with Gasteiger partial charge in [0.05, 0.1) is 5.69 Å². The molecule has 2 atom stereocenters. The fourth-order valence-electron chi connectivity index (χ4n) is 3.78. The number of benzene rings is 1. The lowest BCUT2D eigenvalue weighted by Gasteiger charge is -2.39. The molecule has 4 heteroatoms. The Bertz CT molecular complexity index is 570. The van der Waals surface area contributed by atoms with E-state index in [1.165, 1.54) is 31.4 Å². The molecule has 0 bridgehead atoms. The summed E-state index contributed by atoms with van der Waals surface area (Å²) in [6.07, 6.45) is 8.51. The Morgan fingerprint density at radius 1 is 1.29 bits per heavy atom. The van der Waals surface area contributed by atoms with Crippen molar-refractivity contribution in [3.05, 3.63) is 35.7 Å². The normalized spacial score (nSPS) is 25.3. The highest BCUT2D eigenvalue weighted by Crippen LogP contribution is 2.39. The largest absolute Gasteiger partial charge is 0.478 e. The molecule has 2 fully saturated rings. The van der Waals surface area contributed by atoms with E-state index in [4.69, 9.17) is 5.11 Å². The topological polar surface area (TPSA) is 40.5 Å². The second kappa shape index (κ2) is 5.88. The molecule has 1 aliphatic carbocycles. The summed E-state index contributed by atoms with van der Waals surface area (Å²) >= 11 is 0. The first kappa shape index (κ1) is 14.1. The lowest BCUT2D eigenvalue weighted by atomic mass is 9.91. The van der Waals surface area contributed by atoms with Crippen LogP contribution in [0.4, 0.5) is 10.1 Å². The standard InChI is InChI=1S/C17H20FNO2/c18-14-11-12(7-9-17(20)21)6-8-16(14)19-10-2-4-13-3-1-5-15(13)19/h6-9,11,13,15H,1-5,10H2,(H,20,21). The maximum atomic E-state index is 14.4. The van der Waals surface area contributed by atoms with Gasteiger partial charge < -0.3 is 10.0 Å². The van der Waals surface area contributed by atoms with E-state index in [-0.39, 0.29) is 5.82 Å². The van der Waals surface area contributed by atoms with E-state index < -0.39 is 5.97 Å². The molecule has 1 aromatic rings. The van der Waals surface area contributed by atoms with Crippen molar-refractivity contribution in [2.24, 2.45) is 5.92 Å². The van der Waals surface area contributed by atoms with Crippen LogP contribution in [0.1, 0.15) is 37.7 Å². The third kappa shape index (κ3) is 2.94. The van der Waals surface area contributed by atoms with Gasteiger partial charge >= 0.3 is 5.97 Å². The van der Waals surface area contributed by atoms with Gasteiger partial charge in [-0.2, -0.15) is 0 Å². The average Bonchev–Trinajstić information content (AvgIpc) is 2.94. The zero-order chi connectivity index (χ0) is 14.8. The first-order chi connectivity index (χ1) is 10.1. The molecule has 0 amide bonds. The molecule has 0 radical (unpaired) electrons. The molecule has 0 spiro atoms. The van der Waals surface area contributed by atoms with Gasteiger partial charge in [-0.25, -0.2) is 9.18 Å². The average molecular weight is 289 g/mol. The molecule has 1 saturated carbocycles. The van der Waals surface area contributed by atoms with Gasteiger partial charge in [0, 0.05) is 18.7 Å². The number of anilines is 1. The molecular weight excluding hydrogens is 269 g/mol. The predicted octanol–water partition coefficient (Wildman–Crippen LogP) is 3.69. The lowest BCUT2D eigenvalue weighted by molar-refractivity contribution is -0.131. The summed E-state index contributed by atoms with van der Waals surface area (Å²) in [5.74, 6) is -0.566. The van der Waals surface area contributed by atoms with Crippen molar-refractivity contribution < 1.29 is 14.3 Å². The zero-order valence-electron chi connectivity index (χ0n) is 12.0. The number of nitrogens with zero attached hydrogens (tertiary/aromatic N) is 1. The number of piperidine rings is 1. The summed E-state index contributed by atoms with van der Waals surface area (Å²) < 4.78 is 14.4. The second-order valence-corrected chi connectivity index (χ2v) is 5.98. The van der Waals surface area contributed by atoms with Crippen LogP contribution in [-0.4, -0.2) is 23.7 Å². The molecule has 2 aliphatic rings. The van der Waals surface area contributed by atoms with Crippen LogP contribution in [0.3, 0.4) is 0 Å². The van der Waals surface area contributed by atoms with Gasteiger partial charge in [-0.3, -0.25) is 0 Å². The molecular formula is C17H20FNO2. The first-order valence-corrected chi connectivity index (χ1v) is 7.62. The summed E-state index contributed by atoms with van der Waals surface area (Å²) in [6, 6.07) is 5.48. The van der Waals surface area contributed by atoms with Crippen LogP contribution in [0, 0.1) is 11.7 Å². The van der Waals surface area contributed by atoms with Crippen LogP contribution in [0.2, 0.25) is 0 Å². The summed E-state index contributed by atoms with van der Waals surface area (Å²) in [6.45, 7) is 0.919. The van der Waals surface area contributed by atoms with Gasteiger partial charge in [0.25, 0.3) is 0 Å². The number of hydrogen-bond acceptors (Lipinski definition) is 2. The number of aliphatic carboxylic acids is 1. The fourth-order valence-corrected chi connectivity index (χ4v) is 3.78. The summed E-state index contributed by atoms with van der Waals surface area (Å²) in [7, 11) is 0. The van der Waals surface area contributed by atoms with E-state index in [1.807, 2.05) is 0 Å². The Morgan fingerprint density at radius 3 is 2.86 bits per heavy atom. The first-order valence-electron chi connectivity index (χ1n) is 7.62. The number of carboxylic acids is 1.